The van der Waals surface area contributed by atoms with Crippen molar-refractivity contribution in [1.29, 1.82) is 0 Å². The van der Waals surface area contributed by atoms with Gasteiger partial charge < -0.3 is 15.6 Å². The van der Waals surface area contributed by atoms with Crippen LogP contribution in [0.2, 0.25) is 5.02 Å². The number of fused-ring (bicyclic) bond motifs is 2. The third-order valence-electron chi connectivity index (χ3n) is 4.10. The Labute approximate surface area is 127 Å². The highest BCUT2D eigenvalue weighted by atomic mass is 35.5. The molecule has 0 aromatic heterocycles. The molecule has 1 aromatic rings. The number of ketones is 1. The van der Waals surface area contributed by atoms with Crippen LogP contribution in [-0.2, 0) is 15.1 Å². The molecule has 0 saturated heterocycles. The van der Waals surface area contributed by atoms with Gasteiger partial charge >= 0.3 is 0 Å². The quantitative estimate of drug-likeness (QED) is 0.884. The number of hydrogen-bond acceptors (Lipinski definition) is 5. The smallest absolute Gasteiger partial charge is 0.205 e. The van der Waals surface area contributed by atoms with Gasteiger partial charge in [0, 0.05) is 10.6 Å². The Morgan fingerprint density at radius 2 is 2.29 bits per heavy atom. The number of nitrogens with zero attached hydrogens (tertiary/aromatic N) is 1. The van der Waals surface area contributed by atoms with Gasteiger partial charge in [-0.1, -0.05) is 29.8 Å². The molecule has 2 bridgehead atoms. The summed E-state index contributed by atoms with van der Waals surface area (Å²) in [5.74, 6) is 0.164. The summed E-state index contributed by atoms with van der Waals surface area (Å²) < 4.78 is 5.58. The van der Waals surface area contributed by atoms with E-state index < -0.39 is 17.7 Å². The van der Waals surface area contributed by atoms with Gasteiger partial charge in [0.15, 0.2) is 11.6 Å². The van der Waals surface area contributed by atoms with Gasteiger partial charge in [0.05, 0.1) is 6.61 Å². The second kappa shape index (κ2) is 5.40. The number of carbonyl (C=O) groups is 1. The largest absolute Gasteiger partial charge is 0.468 e. The first-order valence-electron chi connectivity index (χ1n) is 7.00. The average molecular weight is 309 g/mol. The zero-order valence-electron chi connectivity index (χ0n) is 11.5. The lowest BCUT2D eigenvalue weighted by molar-refractivity contribution is -0.137. The van der Waals surface area contributed by atoms with Crippen molar-refractivity contribution in [3.05, 3.63) is 34.9 Å². The molecule has 3 rings (SSSR count). The molecule has 5 nitrogen and oxygen atoms in total. The number of carbonyl (C=O) groups excluding carboxylic acids is 1. The van der Waals surface area contributed by atoms with Crippen molar-refractivity contribution in [3.8, 4) is 0 Å². The van der Waals surface area contributed by atoms with Crippen molar-refractivity contribution in [1.82, 2.24) is 0 Å². The minimum absolute atomic E-state index is 0.0734. The summed E-state index contributed by atoms with van der Waals surface area (Å²) in [6.07, 6.45) is 1.49. The molecule has 1 fully saturated rings. The maximum absolute atomic E-state index is 12.7. The van der Waals surface area contributed by atoms with E-state index in [-0.39, 0.29) is 18.3 Å². The fourth-order valence-electron chi connectivity index (χ4n) is 3.02. The predicted molar refractivity (Wildman–Crippen MR) is 79.4 cm³/mol. The highest BCUT2D eigenvalue weighted by Crippen LogP contribution is 2.44. The Balaban J connectivity index is 2.16. The van der Waals surface area contributed by atoms with Crippen LogP contribution in [-0.4, -0.2) is 35.5 Å². The molecule has 0 spiro atoms. The molecular formula is C15H17ClN2O3. The molecule has 0 amide bonds. The van der Waals surface area contributed by atoms with Crippen molar-refractivity contribution in [2.75, 3.05) is 6.61 Å². The molecule has 1 heterocycles. The fourth-order valence-corrected chi connectivity index (χ4v) is 3.31. The summed E-state index contributed by atoms with van der Waals surface area (Å²) in [7, 11) is 0. The average Bonchev–Trinajstić information content (AvgIpc) is 2.47. The summed E-state index contributed by atoms with van der Waals surface area (Å²) >= 11 is 6.28. The van der Waals surface area contributed by atoms with Crippen LogP contribution in [0.25, 0.3) is 0 Å². The van der Waals surface area contributed by atoms with Gasteiger partial charge in [0.25, 0.3) is 0 Å². The molecule has 3 atom stereocenters. The summed E-state index contributed by atoms with van der Waals surface area (Å²) in [5.41, 5.74) is 5.48. The van der Waals surface area contributed by atoms with Crippen molar-refractivity contribution in [3.63, 3.8) is 0 Å². The van der Waals surface area contributed by atoms with Gasteiger partial charge in [-0.05, 0) is 25.3 Å². The molecule has 2 aliphatic rings. The van der Waals surface area contributed by atoms with E-state index in [9.17, 15) is 9.90 Å². The summed E-state index contributed by atoms with van der Waals surface area (Å²) in [5, 5.41) is 9.74. The number of benzene rings is 1. The molecule has 1 aliphatic heterocycles. The lowest BCUT2D eigenvalue weighted by Crippen LogP contribution is -2.54. The van der Waals surface area contributed by atoms with Crippen LogP contribution >= 0.6 is 11.6 Å². The van der Waals surface area contributed by atoms with E-state index in [0.29, 0.717) is 23.4 Å². The Morgan fingerprint density at radius 3 is 3.00 bits per heavy atom. The number of rotatable bonds is 3. The molecule has 0 radical (unpaired) electrons. The van der Waals surface area contributed by atoms with Crippen LogP contribution in [0.3, 0.4) is 0 Å². The summed E-state index contributed by atoms with van der Waals surface area (Å²) in [4.78, 5) is 17.2. The number of aliphatic hydroxyl groups excluding tert-OH is 1. The van der Waals surface area contributed by atoms with E-state index in [1.165, 1.54) is 0 Å². The first kappa shape index (κ1) is 14.5. The lowest BCUT2D eigenvalue weighted by Gasteiger charge is -2.42. The van der Waals surface area contributed by atoms with Crippen LogP contribution in [0.5, 0.6) is 0 Å². The molecule has 3 N–H and O–H groups in total. The molecule has 6 heteroatoms. The van der Waals surface area contributed by atoms with Crippen LogP contribution in [0, 0.1) is 0 Å². The Bertz CT molecular complexity index is 604. The minimum Gasteiger partial charge on any atom is -0.468 e. The lowest BCUT2D eigenvalue weighted by atomic mass is 9.74. The molecule has 112 valence electrons. The molecule has 1 unspecified atom stereocenters. The number of hydrogen-bond donors (Lipinski definition) is 2. The number of aliphatic hydroxyl groups is 1. The van der Waals surface area contributed by atoms with E-state index in [0.717, 1.165) is 6.42 Å². The molecular weight excluding hydrogens is 292 g/mol. The van der Waals surface area contributed by atoms with Gasteiger partial charge in [-0.3, -0.25) is 4.79 Å². The number of halogens is 1. The highest BCUT2D eigenvalue weighted by molar-refractivity contribution is 6.32. The maximum Gasteiger partial charge on any atom is 0.205 e. The molecule has 21 heavy (non-hydrogen) atoms. The second-order valence-corrected chi connectivity index (χ2v) is 5.85. The van der Waals surface area contributed by atoms with Crippen molar-refractivity contribution in [2.24, 2.45) is 10.7 Å². The Hall–Kier alpha value is -1.43. The number of Topliss-reactive ketones (excluding diaryl/α,β-unsaturated/α-hetero) is 1. The van der Waals surface area contributed by atoms with Crippen LogP contribution in [0.1, 0.15) is 24.8 Å². The zero-order valence-corrected chi connectivity index (χ0v) is 12.2. The Kier molecular flexibility index (Phi) is 3.73. The van der Waals surface area contributed by atoms with E-state index in [1.54, 1.807) is 6.07 Å². The topological polar surface area (TPSA) is 84.9 Å². The van der Waals surface area contributed by atoms with Crippen molar-refractivity contribution < 1.29 is 14.6 Å². The van der Waals surface area contributed by atoms with Crippen LogP contribution in [0.15, 0.2) is 29.3 Å². The SMILES string of the molecule is N[C@@H](CO)C1=NC2(c3ccccc3Cl)CCC[C@H](O1)C2=O. The van der Waals surface area contributed by atoms with Gasteiger partial charge in [-0.25, -0.2) is 4.99 Å². The normalized spacial score (nSPS) is 29.6. The monoisotopic (exact) mass is 308 g/mol. The highest BCUT2D eigenvalue weighted by Gasteiger charge is 2.52. The van der Waals surface area contributed by atoms with Crippen molar-refractivity contribution >= 4 is 23.3 Å². The fraction of sp³-hybridized carbons (Fsp3) is 0.467. The minimum atomic E-state index is -1.03. The second-order valence-electron chi connectivity index (χ2n) is 5.44. The van der Waals surface area contributed by atoms with Crippen molar-refractivity contribution in [2.45, 2.75) is 36.9 Å². The molecule has 1 saturated carbocycles. The van der Waals surface area contributed by atoms with E-state index in [1.807, 2.05) is 18.2 Å². The Morgan fingerprint density at radius 1 is 1.52 bits per heavy atom. The number of nitrogens with two attached hydrogens (primary N) is 1. The molecule has 1 aromatic carbocycles. The van der Waals surface area contributed by atoms with Crippen LogP contribution < -0.4 is 5.73 Å². The van der Waals surface area contributed by atoms with E-state index in [2.05, 4.69) is 4.99 Å². The third-order valence-corrected chi connectivity index (χ3v) is 4.43. The standard InChI is InChI=1S/C15H17ClN2O3/c16-10-5-2-1-4-9(10)15-7-3-6-12(13(15)20)21-14(18-15)11(17)8-19/h1-2,4-5,11-12,19H,3,6-8,17H2/t11-,12-,15?/m0/s1. The van der Waals surface area contributed by atoms with E-state index in [4.69, 9.17) is 22.1 Å². The predicted octanol–water partition coefficient (Wildman–Crippen LogP) is 1.41. The van der Waals surface area contributed by atoms with E-state index >= 15 is 0 Å². The number of ether oxygens (including phenoxy) is 1. The summed E-state index contributed by atoms with van der Waals surface area (Å²) in [6.45, 7) is -0.279. The first-order valence-corrected chi connectivity index (χ1v) is 7.38. The van der Waals surface area contributed by atoms with Gasteiger partial charge in [-0.2, -0.15) is 0 Å². The van der Waals surface area contributed by atoms with Gasteiger partial charge in [-0.15, -0.1) is 0 Å². The third kappa shape index (κ3) is 2.25. The van der Waals surface area contributed by atoms with Gasteiger partial charge in [0.1, 0.15) is 6.04 Å². The first-order chi connectivity index (χ1) is 10.1. The maximum atomic E-state index is 12.7. The number of aliphatic imine (C=N–C) groups is 1. The molecule has 1 aliphatic carbocycles. The van der Waals surface area contributed by atoms with Gasteiger partial charge in [0.2, 0.25) is 11.7 Å². The van der Waals surface area contributed by atoms with Crippen LogP contribution in [0.4, 0.5) is 0 Å². The summed E-state index contributed by atoms with van der Waals surface area (Å²) in [6, 6.07) is 6.50. The zero-order chi connectivity index (χ0) is 15.0.